The lowest BCUT2D eigenvalue weighted by atomic mass is 9.99. The molecule has 0 spiro atoms. The van der Waals surface area contributed by atoms with Gasteiger partial charge in [-0.3, -0.25) is 4.79 Å². The molecular formula is C16H18N2OS. The summed E-state index contributed by atoms with van der Waals surface area (Å²) in [6, 6.07) is 10.1. The van der Waals surface area contributed by atoms with E-state index in [9.17, 15) is 4.79 Å². The second-order valence-corrected chi connectivity index (χ2v) is 6.11. The molecule has 1 aromatic heterocycles. The van der Waals surface area contributed by atoms with E-state index in [1.54, 1.807) is 11.3 Å². The van der Waals surface area contributed by atoms with Gasteiger partial charge in [0.2, 0.25) is 0 Å². The van der Waals surface area contributed by atoms with E-state index in [4.69, 9.17) is 0 Å². The number of carbonyl (C=O) groups is 1. The molecule has 0 bridgehead atoms. The number of benzene rings is 1. The van der Waals surface area contributed by atoms with Gasteiger partial charge in [-0.2, -0.15) is 0 Å². The van der Waals surface area contributed by atoms with Crippen molar-refractivity contribution in [3.63, 3.8) is 0 Å². The Morgan fingerprint density at radius 2 is 2.25 bits per heavy atom. The van der Waals surface area contributed by atoms with Crippen molar-refractivity contribution in [2.24, 2.45) is 0 Å². The zero-order chi connectivity index (χ0) is 13.9. The first-order valence-corrected chi connectivity index (χ1v) is 7.81. The molecule has 1 aliphatic heterocycles. The Morgan fingerprint density at radius 1 is 1.35 bits per heavy atom. The quantitative estimate of drug-likeness (QED) is 0.909. The van der Waals surface area contributed by atoms with E-state index in [0.29, 0.717) is 0 Å². The largest absolute Gasteiger partial charge is 0.321 e. The summed E-state index contributed by atoms with van der Waals surface area (Å²) < 4.78 is 0. The maximum absolute atomic E-state index is 12.3. The molecule has 1 aliphatic rings. The molecule has 4 heteroatoms. The second kappa shape index (κ2) is 5.77. The average molecular weight is 286 g/mol. The summed E-state index contributed by atoms with van der Waals surface area (Å²) in [6.07, 6.45) is 1.95. The van der Waals surface area contributed by atoms with Crippen molar-refractivity contribution in [2.45, 2.75) is 26.3 Å². The highest BCUT2D eigenvalue weighted by atomic mass is 32.1. The number of aryl methyl sites for hydroxylation is 1. The number of nitrogens with one attached hydrogen (secondary N) is 2. The Labute approximate surface area is 123 Å². The Balaban J connectivity index is 1.82. The van der Waals surface area contributed by atoms with E-state index >= 15 is 0 Å². The maximum Gasteiger partial charge on any atom is 0.265 e. The van der Waals surface area contributed by atoms with Crippen molar-refractivity contribution in [3.05, 3.63) is 51.2 Å². The molecule has 20 heavy (non-hydrogen) atoms. The minimum Gasteiger partial charge on any atom is -0.321 e. The van der Waals surface area contributed by atoms with Crippen LogP contribution in [0.15, 0.2) is 30.3 Å². The molecule has 0 unspecified atom stereocenters. The van der Waals surface area contributed by atoms with Crippen molar-refractivity contribution in [2.75, 3.05) is 11.9 Å². The molecule has 0 saturated carbocycles. The molecule has 3 rings (SSSR count). The van der Waals surface area contributed by atoms with Crippen LogP contribution in [0, 0.1) is 0 Å². The van der Waals surface area contributed by atoms with Crippen LogP contribution >= 0.6 is 11.3 Å². The first-order valence-electron chi connectivity index (χ1n) is 6.99. The summed E-state index contributed by atoms with van der Waals surface area (Å²) in [5.41, 5.74) is 3.52. The van der Waals surface area contributed by atoms with Crippen LogP contribution in [0.2, 0.25) is 0 Å². The number of amides is 1. The highest BCUT2D eigenvalue weighted by Crippen LogP contribution is 2.25. The van der Waals surface area contributed by atoms with E-state index in [1.165, 1.54) is 16.0 Å². The normalized spacial score (nSPS) is 13.8. The van der Waals surface area contributed by atoms with Crippen LogP contribution in [0.25, 0.3) is 0 Å². The predicted molar refractivity (Wildman–Crippen MR) is 83.5 cm³/mol. The SMILES string of the molecule is CCc1ccc(C(=O)Nc2cccc3c2CCNC3)s1. The number of thiophene rings is 1. The minimum atomic E-state index is 0.00151. The van der Waals surface area contributed by atoms with E-state index in [1.807, 2.05) is 24.3 Å². The lowest BCUT2D eigenvalue weighted by Crippen LogP contribution is -2.25. The fraction of sp³-hybridized carbons (Fsp3) is 0.312. The van der Waals surface area contributed by atoms with E-state index in [-0.39, 0.29) is 5.91 Å². The van der Waals surface area contributed by atoms with Crippen LogP contribution < -0.4 is 10.6 Å². The molecule has 0 saturated heterocycles. The van der Waals surface area contributed by atoms with Crippen molar-refractivity contribution < 1.29 is 4.79 Å². The monoisotopic (exact) mass is 286 g/mol. The first-order chi connectivity index (χ1) is 9.78. The summed E-state index contributed by atoms with van der Waals surface area (Å²) in [7, 11) is 0. The highest BCUT2D eigenvalue weighted by Gasteiger charge is 2.15. The van der Waals surface area contributed by atoms with E-state index in [2.05, 4.69) is 23.6 Å². The molecule has 0 atom stereocenters. The number of anilines is 1. The summed E-state index contributed by atoms with van der Waals surface area (Å²) >= 11 is 1.57. The molecule has 3 nitrogen and oxygen atoms in total. The molecule has 1 amide bonds. The number of rotatable bonds is 3. The fourth-order valence-corrected chi connectivity index (χ4v) is 3.37. The zero-order valence-corrected chi connectivity index (χ0v) is 12.3. The Hall–Kier alpha value is -1.65. The lowest BCUT2D eigenvalue weighted by molar-refractivity contribution is 0.103. The molecule has 0 fully saturated rings. The smallest absolute Gasteiger partial charge is 0.265 e. The number of carbonyl (C=O) groups excluding carboxylic acids is 1. The van der Waals surface area contributed by atoms with Crippen LogP contribution in [-0.4, -0.2) is 12.5 Å². The summed E-state index contributed by atoms with van der Waals surface area (Å²) in [6.45, 7) is 3.96. The number of fused-ring (bicyclic) bond motifs is 1. The second-order valence-electron chi connectivity index (χ2n) is 4.94. The van der Waals surface area contributed by atoms with Crippen molar-refractivity contribution >= 4 is 22.9 Å². The predicted octanol–water partition coefficient (Wildman–Crippen LogP) is 3.21. The minimum absolute atomic E-state index is 0.00151. The third-order valence-corrected chi connectivity index (χ3v) is 4.85. The standard InChI is InChI=1S/C16H18N2OS/c1-2-12-6-7-15(20-12)16(19)18-14-5-3-4-11-10-17-9-8-13(11)14/h3-7,17H,2,8-10H2,1H3,(H,18,19). The maximum atomic E-state index is 12.3. The molecule has 104 valence electrons. The number of hydrogen-bond acceptors (Lipinski definition) is 3. The van der Waals surface area contributed by atoms with Gasteiger partial charge in [-0.15, -0.1) is 11.3 Å². The summed E-state index contributed by atoms with van der Waals surface area (Å²) in [5, 5.41) is 6.42. The lowest BCUT2D eigenvalue weighted by Gasteiger charge is -2.20. The molecule has 2 aromatic rings. The zero-order valence-electron chi connectivity index (χ0n) is 11.5. The third kappa shape index (κ3) is 2.62. The van der Waals surface area contributed by atoms with Crippen LogP contribution in [0.4, 0.5) is 5.69 Å². The Bertz CT molecular complexity index is 633. The molecule has 2 N–H and O–H groups in total. The molecular weight excluding hydrogens is 268 g/mol. The van der Waals surface area contributed by atoms with Crippen LogP contribution in [-0.2, 0) is 19.4 Å². The Kier molecular flexibility index (Phi) is 3.85. The van der Waals surface area contributed by atoms with Gasteiger partial charge < -0.3 is 10.6 Å². The van der Waals surface area contributed by atoms with Crippen LogP contribution in [0.3, 0.4) is 0 Å². The molecule has 2 heterocycles. The highest BCUT2D eigenvalue weighted by molar-refractivity contribution is 7.14. The molecule has 0 aliphatic carbocycles. The van der Waals surface area contributed by atoms with Gasteiger partial charge in [-0.1, -0.05) is 19.1 Å². The third-order valence-electron chi connectivity index (χ3n) is 3.62. The van der Waals surface area contributed by atoms with Gasteiger partial charge in [0.05, 0.1) is 4.88 Å². The first kappa shape index (κ1) is 13.3. The van der Waals surface area contributed by atoms with Gasteiger partial charge >= 0.3 is 0 Å². The molecule has 1 aromatic carbocycles. The summed E-state index contributed by atoms with van der Waals surface area (Å²) in [4.78, 5) is 14.3. The number of hydrogen-bond donors (Lipinski definition) is 2. The molecule has 0 radical (unpaired) electrons. The summed E-state index contributed by atoms with van der Waals surface area (Å²) in [5.74, 6) is 0.00151. The Morgan fingerprint density at radius 3 is 3.05 bits per heavy atom. The van der Waals surface area contributed by atoms with Gasteiger partial charge in [-0.25, -0.2) is 0 Å². The van der Waals surface area contributed by atoms with Gasteiger partial charge in [0.25, 0.3) is 5.91 Å². The van der Waals surface area contributed by atoms with Gasteiger partial charge in [0.15, 0.2) is 0 Å². The van der Waals surface area contributed by atoms with Gasteiger partial charge in [-0.05, 0) is 48.7 Å². The van der Waals surface area contributed by atoms with Crippen molar-refractivity contribution in [1.82, 2.24) is 5.32 Å². The van der Waals surface area contributed by atoms with Crippen LogP contribution in [0.5, 0.6) is 0 Å². The van der Waals surface area contributed by atoms with Gasteiger partial charge in [0.1, 0.15) is 0 Å². The van der Waals surface area contributed by atoms with Crippen molar-refractivity contribution in [3.8, 4) is 0 Å². The fourth-order valence-electron chi connectivity index (χ4n) is 2.52. The average Bonchev–Trinajstić information content (AvgIpc) is 2.97. The van der Waals surface area contributed by atoms with Crippen molar-refractivity contribution in [1.29, 1.82) is 0 Å². The topological polar surface area (TPSA) is 41.1 Å². The van der Waals surface area contributed by atoms with E-state index in [0.717, 1.165) is 36.5 Å². The van der Waals surface area contributed by atoms with Gasteiger partial charge in [0, 0.05) is 17.1 Å². The van der Waals surface area contributed by atoms with E-state index < -0.39 is 0 Å². The van der Waals surface area contributed by atoms with Crippen LogP contribution in [0.1, 0.15) is 32.6 Å².